The number of benzene rings is 3. The number of para-hydroxylation sites is 1. The van der Waals surface area contributed by atoms with E-state index in [0.29, 0.717) is 0 Å². The van der Waals surface area contributed by atoms with Gasteiger partial charge in [-0.2, -0.15) is 0 Å². The fourth-order valence-electron chi connectivity index (χ4n) is 2.96. The summed E-state index contributed by atoms with van der Waals surface area (Å²) in [5, 5.41) is 3.78. The molecule has 1 aromatic heterocycles. The number of nitrogens with zero attached hydrogens (tertiary/aromatic N) is 1. The van der Waals surface area contributed by atoms with Gasteiger partial charge in [-0.25, -0.2) is 0 Å². The van der Waals surface area contributed by atoms with Gasteiger partial charge in [0.15, 0.2) is 0 Å². The summed E-state index contributed by atoms with van der Waals surface area (Å²) in [4.78, 5) is 4.58. The second-order valence-electron chi connectivity index (χ2n) is 5.38. The van der Waals surface area contributed by atoms with Gasteiger partial charge in [-0.15, -0.1) is 0 Å². The Morgan fingerprint density at radius 1 is 0.762 bits per heavy atom. The average Bonchev–Trinajstić information content (AvgIpc) is 2.55. The molecule has 0 amide bonds. The van der Waals surface area contributed by atoms with Crippen LogP contribution in [0.25, 0.3) is 32.8 Å². The highest BCUT2D eigenvalue weighted by molar-refractivity contribution is 5.93. The highest BCUT2D eigenvalue weighted by Gasteiger charge is 2.06. The van der Waals surface area contributed by atoms with Gasteiger partial charge in [0.05, 0.1) is 5.52 Å². The lowest BCUT2D eigenvalue weighted by Crippen LogP contribution is -1.87. The van der Waals surface area contributed by atoms with Crippen LogP contribution >= 0.6 is 0 Å². The summed E-state index contributed by atoms with van der Waals surface area (Å²) in [5.41, 5.74) is 4.79. The summed E-state index contributed by atoms with van der Waals surface area (Å²) >= 11 is 0. The van der Waals surface area contributed by atoms with Crippen LogP contribution in [0.1, 0.15) is 5.56 Å². The third kappa shape index (κ3) is 1.98. The minimum Gasteiger partial charge on any atom is -0.256 e. The van der Waals surface area contributed by atoms with Crippen LogP contribution in [-0.4, -0.2) is 4.98 Å². The van der Waals surface area contributed by atoms with Crippen molar-refractivity contribution in [1.29, 1.82) is 0 Å². The Balaban J connectivity index is 1.97. The third-order valence-electron chi connectivity index (χ3n) is 4.10. The van der Waals surface area contributed by atoms with Crippen molar-refractivity contribution in [2.24, 2.45) is 0 Å². The first kappa shape index (κ1) is 12.1. The Morgan fingerprint density at radius 3 is 2.43 bits per heavy atom. The summed E-state index contributed by atoms with van der Waals surface area (Å²) in [6.45, 7) is 2.19. The molecule has 0 atom stereocenters. The van der Waals surface area contributed by atoms with Crippen LogP contribution in [0.15, 0.2) is 72.9 Å². The van der Waals surface area contributed by atoms with Gasteiger partial charge >= 0.3 is 0 Å². The number of pyridine rings is 1. The zero-order valence-corrected chi connectivity index (χ0v) is 11.9. The molecule has 0 spiro atoms. The van der Waals surface area contributed by atoms with Gasteiger partial charge < -0.3 is 0 Å². The van der Waals surface area contributed by atoms with Crippen molar-refractivity contribution >= 4 is 21.7 Å². The van der Waals surface area contributed by atoms with Crippen molar-refractivity contribution in [1.82, 2.24) is 4.98 Å². The van der Waals surface area contributed by atoms with E-state index < -0.39 is 0 Å². The van der Waals surface area contributed by atoms with Gasteiger partial charge in [0, 0.05) is 17.1 Å². The quantitative estimate of drug-likeness (QED) is 0.453. The molecular formula is C20H15N. The van der Waals surface area contributed by atoms with E-state index in [1.807, 2.05) is 18.3 Å². The molecule has 4 aromatic rings. The van der Waals surface area contributed by atoms with Crippen molar-refractivity contribution < 1.29 is 0 Å². The normalized spacial score (nSPS) is 11.1. The molecule has 0 fully saturated rings. The lowest BCUT2D eigenvalue weighted by molar-refractivity contribution is 1.40. The van der Waals surface area contributed by atoms with E-state index in [2.05, 4.69) is 66.5 Å². The van der Waals surface area contributed by atoms with Gasteiger partial charge in [-0.3, -0.25) is 4.98 Å². The summed E-state index contributed by atoms with van der Waals surface area (Å²) in [6.07, 6.45) is 1.97. The first-order valence-corrected chi connectivity index (χ1v) is 7.16. The molecule has 1 heterocycles. The Morgan fingerprint density at radius 2 is 1.52 bits per heavy atom. The molecule has 3 aromatic carbocycles. The molecule has 4 rings (SSSR count). The largest absolute Gasteiger partial charge is 0.256 e. The van der Waals surface area contributed by atoms with Crippen LogP contribution < -0.4 is 0 Å². The fraction of sp³-hybridized carbons (Fsp3) is 0.0500. The van der Waals surface area contributed by atoms with E-state index in [1.54, 1.807) is 0 Å². The van der Waals surface area contributed by atoms with Crippen LogP contribution in [0.3, 0.4) is 0 Å². The van der Waals surface area contributed by atoms with E-state index in [9.17, 15) is 0 Å². The van der Waals surface area contributed by atoms with E-state index in [1.165, 1.54) is 32.8 Å². The van der Waals surface area contributed by atoms with Crippen molar-refractivity contribution in [3.8, 4) is 11.1 Å². The molecule has 0 unspecified atom stereocenters. The molecule has 21 heavy (non-hydrogen) atoms. The zero-order valence-electron chi connectivity index (χ0n) is 11.9. The number of hydrogen-bond donors (Lipinski definition) is 0. The number of fused-ring (bicyclic) bond motifs is 2. The molecule has 1 nitrogen and oxygen atoms in total. The van der Waals surface area contributed by atoms with Crippen LogP contribution in [-0.2, 0) is 0 Å². The summed E-state index contributed by atoms with van der Waals surface area (Å²) in [6, 6.07) is 23.4. The molecule has 0 saturated carbocycles. The molecule has 0 bridgehead atoms. The van der Waals surface area contributed by atoms with E-state index in [-0.39, 0.29) is 0 Å². The van der Waals surface area contributed by atoms with Crippen molar-refractivity contribution in [2.75, 3.05) is 0 Å². The average molecular weight is 269 g/mol. The van der Waals surface area contributed by atoms with Crippen molar-refractivity contribution in [3.63, 3.8) is 0 Å². The second-order valence-corrected chi connectivity index (χ2v) is 5.38. The molecule has 0 N–H and O–H groups in total. The van der Waals surface area contributed by atoms with E-state index in [0.717, 1.165) is 5.52 Å². The topological polar surface area (TPSA) is 12.9 Å². The predicted molar refractivity (Wildman–Crippen MR) is 89.4 cm³/mol. The maximum absolute atomic E-state index is 4.58. The Bertz CT molecular complexity index is 954. The molecule has 0 aliphatic carbocycles. The second kappa shape index (κ2) is 4.71. The van der Waals surface area contributed by atoms with Crippen LogP contribution in [0.4, 0.5) is 0 Å². The highest BCUT2D eigenvalue weighted by Crippen LogP contribution is 2.30. The molecule has 1 heteroatoms. The molecule has 0 radical (unpaired) electrons. The van der Waals surface area contributed by atoms with Crippen molar-refractivity contribution in [3.05, 3.63) is 78.5 Å². The predicted octanol–water partition coefficient (Wildman–Crippen LogP) is 5.36. The third-order valence-corrected chi connectivity index (χ3v) is 4.10. The fourth-order valence-corrected chi connectivity index (χ4v) is 2.96. The minimum atomic E-state index is 1.04. The summed E-state index contributed by atoms with van der Waals surface area (Å²) < 4.78 is 0. The van der Waals surface area contributed by atoms with Gasteiger partial charge in [-0.05, 0) is 41.0 Å². The lowest BCUT2D eigenvalue weighted by atomic mass is 9.95. The molecule has 100 valence electrons. The smallest absolute Gasteiger partial charge is 0.0702 e. The number of aryl methyl sites for hydroxylation is 1. The van der Waals surface area contributed by atoms with Crippen LogP contribution in [0.5, 0.6) is 0 Å². The number of hydrogen-bond acceptors (Lipinski definition) is 1. The number of rotatable bonds is 1. The maximum atomic E-state index is 4.58. The Hall–Kier alpha value is -2.67. The molecule has 0 aliphatic heterocycles. The van der Waals surface area contributed by atoms with Crippen LogP contribution in [0, 0.1) is 6.92 Å². The number of aromatic nitrogens is 1. The SMILES string of the molecule is Cc1c(-c2cnc3ccccc3c2)ccc2ccccc12. The monoisotopic (exact) mass is 269 g/mol. The minimum absolute atomic E-state index is 1.04. The van der Waals surface area contributed by atoms with E-state index >= 15 is 0 Å². The summed E-state index contributed by atoms with van der Waals surface area (Å²) in [5.74, 6) is 0. The van der Waals surface area contributed by atoms with Crippen molar-refractivity contribution in [2.45, 2.75) is 6.92 Å². The van der Waals surface area contributed by atoms with E-state index in [4.69, 9.17) is 0 Å². The molecule has 0 saturated heterocycles. The molecular weight excluding hydrogens is 254 g/mol. The Kier molecular flexibility index (Phi) is 2.71. The standard InChI is InChI=1S/C20H15N/c1-14-18-8-4-2-6-15(18)10-11-19(14)17-12-16-7-3-5-9-20(16)21-13-17/h2-13H,1H3. The van der Waals surface area contributed by atoms with Gasteiger partial charge in [-0.1, -0.05) is 54.6 Å². The zero-order chi connectivity index (χ0) is 14.2. The maximum Gasteiger partial charge on any atom is 0.0702 e. The highest BCUT2D eigenvalue weighted by atomic mass is 14.6. The van der Waals surface area contributed by atoms with Gasteiger partial charge in [0.1, 0.15) is 0 Å². The van der Waals surface area contributed by atoms with Gasteiger partial charge in [0.25, 0.3) is 0 Å². The first-order chi connectivity index (χ1) is 10.3. The van der Waals surface area contributed by atoms with Gasteiger partial charge in [0.2, 0.25) is 0 Å². The first-order valence-electron chi connectivity index (χ1n) is 7.16. The lowest BCUT2D eigenvalue weighted by Gasteiger charge is -2.10. The Labute approximate surface area is 123 Å². The van der Waals surface area contributed by atoms with Crippen LogP contribution in [0.2, 0.25) is 0 Å². The molecule has 0 aliphatic rings. The summed E-state index contributed by atoms with van der Waals surface area (Å²) in [7, 11) is 0.